The second-order valence-electron chi connectivity index (χ2n) is 14.3. The molecule has 3 aliphatic heterocycles. The molecular formula is C36H50BrN3O7. The normalized spacial score (nSPS) is 28.4. The molecule has 2 bridgehead atoms. The van der Waals surface area contributed by atoms with Crippen LogP contribution in [0.2, 0.25) is 0 Å². The van der Waals surface area contributed by atoms with Crippen LogP contribution in [0.1, 0.15) is 72.5 Å². The standard InChI is InChI=1S/C36H50BrN3O7/c1-9-11-17-26(42)38-22(5)29(23-15-13-12-14-16-23)46-34(45)27-28-32(43)40(25(20-41)21(3)4)31(36(28)19-24(37)30(27)47-36)33(44)39(18-10-2)35(6,7)8/h9-10,12-16,21-22,24-25,27-31,41H,1-2,11,17-20H2,3-8H3,(H,38,42)/t22-,24?,25+,27-,28+,29-,30-,31-,36+/m1/s1. The maximum absolute atomic E-state index is 14.7. The lowest BCUT2D eigenvalue weighted by Gasteiger charge is -2.44. The Labute approximate surface area is 287 Å². The Hall–Kier alpha value is -3.02. The van der Waals surface area contributed by atoms with Crippen molar-refractivity contribution in [2.24, 2.45) is 17.8 Å². The van der Waals surface area contributed by atoms with Crippen LogP contribution in [0.5, 0.6) is 0 Å². The molecule has 3 heterocycles. The Kier molecular flexibility index (Phi) is 11.4. The summed E-state index contributed by atoms with van der Waals surface area (Å²) in [5, 5.41) is 13.5. The lowest BCUT2D eigenvalue weighted by molar-refractivity contribution is -0.163. The molecule has 0 saturated carbocycles. The Balaban J connectivity index is 1.76. The summed E-state index contributed by atoms with van der Waals surface area (Å²) < 4.78 is 12.9. The molecule has 1 unspecified atom stereocenters. The summed E-state index contributed by atoms with van der Waals surface area (Å²) in [4.78, 5) is 59.2. The summed E-state index contributed by atoms with van der Waals surface area (Å²) in [5.41, 5.74) is -1.25. The Morgan fingerprint density at radius 1 is 1.19 bits per heavy atom. The maximum Gasteiger partial charge on any atom is 0.313 e. The largest absolute Gasteiger partial charge is 0.455 e. The van der Waals surface area contributed by atoms with E-state index in [1.807, 2.05) is 65.0 Å². The van der Waals surface area contributed by atoms with Crippen molar-refractivity contribution >= 4 is 39.6 Å². The van der Waals surface area contributed by atoms with Crippen LogP contribution in [-0.4, -0.2) is 91.9 Å². The number of aliphatic hydroxyl groups excluding tert-OH is 1. The number of halogens is 1. The number of rotatable bonds is 14. The number of benzene rings is 1. The number of aliphatic hydroxyl groups is 1. The van der Waals surface area contributed by atoms with Crippen LogP contribution in [0, 0.1) is 17.8 Å². The number of fused-ring (bicyclic) bond motifs is 1. The highest BCUT2D eigenvalue weighted by Gasteiger charge is 2.78. The van der Waals surface area contributed by atoms with Crippen LogP contribution in [-0.2, 0) is 28.7 Å². The van der Waals surface area contributed by atoms with Crippen LogP contribution in [0.15, 0.2) is 55.6 Å². The monoisotopic (exact) mass is 715 g/mol. The topological polar surface area (TPSA) is 125 Å². The third-order valence-corrected chi connectivity index (χ3v) is 10.6. The molecule has 0 aliphatic carbocycles. The van der Waals surface area contributed by atoms with Gasteiger partial charge in [0.25, 0.3) is 0 Å². The molecule has 1 spiro atoms. The first kappa shape index (κ1) is 36.8. The van der Waals surface area contributed by atoms with E-state index in [2.05, 4.69) is 34.4 Å². The molecule has 1 aromatic carbocycles. The van der Waals surface area contributed by atoms with Crippen molar-refractivity contribution < 1.29 is 33.8 Å². The van der Waals surface area contributed by atoms with E-state index in [1.165, 1.54) is 4.90 Å². The van der Waals surface area contributed by atoms with Crippen molar-refractivity contribution in [2.45, 2.75) is 107 Å². The molecular weight excluding hydrogens is 666 g/mol. The van der Waals surface area contributed by atoms with Gasteiger partial charge in [0.15, 0.2) is 0 Å². The predicted molar refractivity (Wildman–Crippen MR) is 182 cm³/mol. The SMILES string of the molecule is C=CCCC(=O)N[C@H](C)[C@@H](OC(=O)[C@H]1[C@@H]2O[C@@]3(CC2Br)[C@@H]1C(=O)N([C@@H](CO)C(C)C)[C@@H]3C(=O)N(CC=C)C(C)(C)C)c1ccccc1. The van der Waals surface area contributed by atoms with Gasteiger partial charge in [-0.2, -0.15) is 0 Å². The van der Waals surface area contributed by atoms with Gasteiger partial charge in [-0.25, -0.2) is 0 Å². The summed E-state index contributed by atoms with van der Waals surface area (Å²) in [5.74, 6) is -3.79. The first-order valence-corrected chi connectivity index (χ1v) is 17.4. The van der Waals surface area contributed by atoms with E-state index in [4.69, 9.17) is 9.47 Å². The number of carbonyl (C=O) groups excluding carboxylic acids is 4. The number of nitrogens with one attached hydrogen (secondary N) is 1. The summed E-state index contributed by atoms with van der Waals surface area (Å²) in [6, 6.07) is 6.80. The molecule has 1 aromatic rings. The summed E-state index contributed by atoms with van der Waals surface area (Å²) >= 11 is 3.72. The van der Waals surface area contributed by atoms with Gasteiger partial charge in [0.05, 0.1) is 36.6 Å². The molecule has 9 atom stereocenters. The van der Waals surface area contributed by atoms with E-state index >= 15 is 0 Å². The summed E-state index contributed by atoms with van der Waals surface area (Å²) in [7, 11) is 0. The zero-order valence-electron chi connectivity index (χ0n) is 28.4. The first-order valence-electron chi connectivity index (χ1n) is 16.5. The minimum atomic E-state index is -1.32. The molecule has 258 valence electrons. The molecule has 3 fully saturated rings. The van der Waals surface area contributed by atoms with Gasteiger partial charge in [-0.05, 0) is 52.0 Å². The first-order chi connectivity index (χ1) is 22.1. The molecule has 0 radical (unpaired) electrons. The number of ether oxygens (including phenoxy) is 2. The van der Waals surface area contributed by atoms with Crippen LogP contribution in [0.25, 0.3) is 0 Å². The van der Waals surface area contributed by atoms with E-state index in [0.29, 0.717) is 18.4 Å². The predicted octanol–water partition coefficient (Wildman–Crippen LogP) is 4.32. The van der Waals surface area contributed by atoms with Crippen molar-refractivity contribution in [3.05, 3.63) is 61.2 Å². The zero-order valence-corrected chi connectivity index (χ0v) is 29.9. The molecule has 4 rings (SSSR count). The average molecular weight is 717 g/mol. The van der Waals surface area contributed by atoms with E-state index in [9.17, 15) is 24.3 Å². The number of esters is 1. The third kappa shape index (κ3) is 6.94. The van der Waals surface area contributed by atoms with Gasteiger partial charge in [-0.15, -0.1) is 13.2 Å². The van der Waals surface area contributed by atoms with Crippen LogP contribution >= 0.6 is 15.9 Å². The summed E-state index contributed by atoms with van der Waals surface area (Å²) in [6.45, 7) is 18.7. The van der Waals surface area contributed by atoms with Crippen molar-refractivity contribution in [3.8, 4) is 0 Å². The molecule has 10 nitrogen and oxygen atoms in total. The van der Waals surface area contributed by atoms with Crippen LogP contribution in [0.3, 0.4) is 0 Å². The van der Waals surface area contributed by atoms with E-state index < -0.39 is 65.2 Å². The highest BCUT2D eigenvalue weighted by molar-refractivity contribution is 9.09. The molecule has 3 saturated heterocycles. The fourth-order valence-electron chi connectivity index (χ4n) is 7.50. The highest BCUT2D eigenvalue weighted by atomic mass is 79.9. The van der Waals surface area contributed by atoms with Crippen molar-refractivity contribution in [1.82, 2.24) is 15.1 Å². The molecule has 47 heavy (non-hydrogen) atoms. The van der Waals surface area contributed by atoms with Crippen LogP contribution in [0.4, 0.5) is 0 Å². The smallest absolute Gasteiger partial charge is 0.313 e. The second-order valence-corrected chi connectivity index (χ2v) is 15.4. The van der Waals surface area contributed by atoms with Gasteiger partial charge >= 0.3 is 5.97 Å². The van der Waals surface area contributed by atoms with E-state index in [-0.39, 0.29) is 42.1 Å². The van der Waals surface area contributed by atoms with Crippen molar-refractivity contribution in [1.29, 1.82) is 0 Å². The van der Waals surface area contributed by atoms with Crippen molar-refractivity contribution in [2.75, 3.05) is 13.2 Å². The highest BCUT2D eigenvalue weighted by Crippen LogP contribution is 2.61. The van der Waals surface area contributed by atoms with Gasteiger partial charge < -0.3 is 29.7 Å². The Morgan fingerprint density at radius 3 is 2.40 bits per heavy atom. The minimum absolute atomic E-state index is 0.188. The molecule has 2 N–H and O–H groups in total. The van der Waals surface area contributed by atoms with Crippen LogP contribution < -0.4 is 5.32 Å². The fourth-order valence-corrected chi connectivity index (χ4v) is 8.45. The number of alkyl halides is 1. The Bertz CT molecular complexity index is 1350. The zero-order chi connectivity index (χ0) is 34.8. The van der Waals surface area contributed by atoms with E-state index in [1.54, 1.807) is 24.0 Å². The molecule has 11 heteroatoms. The number of nitrogens with zero attached hydrogens (tertiary/aromatic N) is 2. The minimum Gasteiger partial charge on any atom is -0.455 e. The van der Waals surface area contributed by atoms with Gasteiger partial charge in [-0.3, -0.25) is 19.2 Å². The lowest BCUT2D eigenvalue weighted by Crippen LogP contribution is -2.62. The number of hydrogen-bond acceptors (Lipinski definition) is 7. The van der Waals surface area contributed by atoms with Gasteiger partial charge in [0, 0.05) is 23.3 Å². The Morgan fingerprint density at radius 2 is 1.85 bits per heavy atom. The van der Waals surface area contributed by atoms with Crippen molar-refractivity contribution in [3.63, 3.8) is 0 Å². The fraction of sp³-hybridized carbons (Fsp3) is 0.611. The second kappa shape index (κ2) is 14.6. The lowest BCUT2D eigenvalue weighted by atomic mass is 9.70. The van der Waals surface area contributed by atoms with E-state index in [0.717, 1.165) is 0 Å². The number of amides is 3. The third-order valence-electron chi connectivity index (χ3n) is 9.72. The molecule has 3 amide bonds. The number of allylic oxidation sites excluding steroid dienone is 1. The molecule has 3 aliphatic rings. The number of likely N-dealkylation sites (tertiary alicyclic amines) is 1. The van der Waals surface area contributed by atoms with Gasteiger partial charge in [0.1, 0.15) is 17.7 Å². The van der Waals surface area contributed by atoms with Gasteiger partial charge in [0.2, 0.25) is 17.7 Å². The summed E-state index contributed by atoms with van der Waals surface area (Å²) in [6.07, 6.45) is 2.81. The number of hydrogen-bond donors (Lipinski definition) is 2. The number of carbonyl (C=O) groups is 4. The quantitative estimate of drug-likeness (QED) is 0.167. The average Bonchev–Trinajstić information content (AvgIpc) is 3.60. The van der Waals surface area contributed by atoms with Gasteiger partial charge in [-0.1, -0.05) is 72.3 Å². The molecule has 0 aromatic heterocycles. The maximum atomic E-state index is 14.7.